The molecular weight excluding hydrogens is 276 g/mol. The lowest BCUT2D eigenvalue weighted by Crippen LogP contribution is -2.41. The van der Waals surface area contributed by atoms with Crippen molar-refractivity contribution in [3.8, 4) is 5.69 Å². The average Bonchev–Trinajstić information content (AvgIpc) is 2.92. The van der Waals surface area contributed by atoms with Crippen molar-refractivity contribution in [3.05, 3.63) is 41.7 Å². The number of rotatable bonds is 3. The first-order chi connectivity index (χ1) is 10.6. The SMILES string of the molecule is Cc1nn(-c2ccccc2)nc1C(=O)N[C@@H]1CCCC[C@H]1C. The fraction of sp³-hybridized carbons (Fsp3) is 0.471. The molecule has 0 spiro atoms. The number of carbonyl (C=O) groups is 1. The van der Waals surface area contributed by atoms with Gasteiger partial charge in [0.05, 0.1) is 11.4 Å². The fourth-order valence-electron chi connectivity index (χ4n) is 3.03. The van der Waals surface area contributed by atoms with Gasteiger partial charge in [-0.25, -0.2) is 0 Å². The Hall–Kier alpha value is -2.17. The Kier molecular flexibility index (Phi) is 4.22. The molecule has 1 fully saturated rings. The van der Waals surface area contributed by atoms with Gasteiger partial charge in [-0.15, -0.1) is 5.10 Å². The summed E-state index contributed by atoms with van der Waals surface area (Å²) in [7, 11) is 0. The monoisotopic (exact) mass is 298 g/mol. The summed E-state index contributed by atoms with van der Waals surface area (Å²) >= 11 is 0. The molecule has 1 aliphatic carbocycles. The molecule has 0 saturated heterocycles. The molecule has 5 heteroatoms. The number of benzene rings is 1. The Labute approximate surface area is 130 Å². The maximum atomic E-state index is 12.5. The lowest BCUT2D eigenvalue weighted by Gasteiger charge is -2.29. The zero-order chi connectivity index (χ0) is 15.5. The standard InChI is InChI=1S/C17H22N4O/c1-12-8-6-7-11-15(12)18-17(22)16-13(2)19-21(20-16)14-9-4-3-5-10-14/h3-5,9-10,12,15H,6-8,11H2,1-2H3,(H,18,22)/t12-,15-/m1/s1. The van der Waals surface area contributed by atoms with Crippen molar-refractivity contribution >= 4 is 5.91 Å². The van der Waals surface area contributed by atoms with Crippen LogP contribution in [0.3, 0.4) is 0 Å². The van der Waals surface area contributed by atoms with E-state index < -0.39 is 0 Å². The smallest absolute Gasteiger partial charge is 0.273 e. The quantitative estimate of drug-likeness (QED) is 0.948. The summed E-state index contributed by atoms with van der Waals surface area (Å²) in [4.78, 5) is 14.0. The van der Waals surface area contributed by atoms with Crippen molar-refractivity contribution in [1.82, 2.24) is 20.3 Å². The van der Waals surface area contributed by atoms with Crippen LogP contribution < -0.4 is 5.32 Å². The summed E-state index contributed by atoms with van der Waals surface area (Å²) in [5, 5.41) is 11.9. The molecule has 5 nitrogen and oxygen atoms in total. The van der Waals surface area contributed by atoms with E-state index in [2.05, 4.69) is 22.4 Å². The molecule has 1 aromatic carbocycles. The van der Waals surface area contributed by atoms with Gasteiger partial charge in [-0.3, -0.25) is 4.79 Å². The second-order valence-corrected chi connectivity index (χ2v) is 6.10. The Morgan fingerprint density at radius 3 is 2.64 bits per heavy atom. The van der Waals surface area contributed by atoms with Gasteiger partial charge in [0.2, 0.25) is 0 Å². The van der Waals surface area contributed by atoms with Crippen LogP contribution in [0.2, 0.25) is 0 Å². The summed E-state index contributed by atoms with van der Waals surface area (Å²) in [6, 6.07) is 9.89. The first-order valence-corrected chi connectivity index (χ1v) is 7.95. The molecule has 116 valence electrons. The molecule has 22 heavy (non-hydrogen) atoms. The first-order valence-electron chi connectivity index (χ1n) is 7.95. The number of hydrogen-bond acceptors (Lipinski definition) is 3. The summed E-state index contributed by atoms with van der Waals surface area (Å²) in [5.41, 5.74) is 1.93. The molecule has 2 aromatic rings. The Morgan fingerprint density at radius 2 is 1.91 bits per heavy atom. The predicted molar refractivity (Wildman–Crippen MR) is 85.0 cm³/mol. The molecule has 0 aliphatic heterocycles. The van der Waals surface area contributed by atoms with E-state index in [0.29, 0.717) is 17.3 Å². The number of aromatic nitrogens is 3. The van der Waals surface area contributed by atoms with E-state index in [4.69, 9.17) is 0 Å². The molecule has 1 aromatic heterocycles. The second-order valence-electron chi connectivity index (χ2n) is 6.10. The third-order valence-corrected chi connectivity index (χ3v) is 4.41. The molecule has 0 unspecified atom stereocenters. The zero-order valence-corrected chi connectivity index (χ0v) is 13.1. The molecular formula is C17H22N4O. The van der Waals surface area contributed by atoms with Crippen molar-refractivity contribution in [3.63, 3.8) is 0 Å². The van der Waals surface area contributed by atoms with Gasteiger partial charge < -0.3 is 5.32 Å². The first kappa shape index (κ1) is 14.8. The minimum absolute atomic E-state index is 0.113. The van der Waals surface area contributed by atoms with Crippen LogP contribution >= 0.6 is 0 Å². The van der Waals surface area contributed by atoms with Crippen LogP contribution in [0.1, 0.15) is 48.8 Å². The van der Waals surface area contributed by atoms with E-state index in [1.807, 2.05) is 37.3 Å². The van der Waals surface area contributed by atoms with Gasteiger partial charge in [-0.1, -0.05) is 38.0 Å². The maximum Gasteiger partial charge on any atom is 0.273 e. The summed E-state index contributed by atoms with van der Waals surface area (Å²) < 4.78 is 0. The van der Waals surface area contributed by atoms with Gasteiger partial charge in [-0.2, -0.15) is 9.90 Å². The van der Waals surface area contributed by atoms with Gasteiger partial charge in [-0.05, 0) is 37.8 Å². The number of nitrogens with zero attached hydrogens (tertiary/aromatic N) is 3. The Balaban J connectivity index is 1.77. The molecule has 1 amide bonds. The molecule has 1 aliphatic rings. The number of para-hydroxylation sites is 1. The van der Waals surface area contributed by atoms with Crippen LogP contribution in [0.25, 0.3) is 5.69 Å². The minimum Gasteiger partial charge on any atom is -0.348 e. The third-order valence-electron chi connectivity index (χ3n) is 4.41. The van der Waals surface area contributed by atoms with Crippen molar-refractivity contribution < 1.29 is 4.79 Å². The second kappa shape index (κ2) is 6.30. The molecule has 0 bridgehead atoms. The van der Waals surface area contributed by atoms with E-state index >= 15 is 0 Å². The van der Waals surface area contributed by atoms with Crippen LogP contribution in [0.4, 0.5) is 0 Å². The van der Waals surface area contributed by atoms with Gasteiger partial charge in [0.25, 0.3) is 5.91 Å². The number of hydrogen-bond donors (Lipinski definition) is 1. The van der Waals surface area contributed by atoms with E-state index in [1.54, 1.807) is 0 Å². The topological polar surface area (TPSA) is 59.8 Å². The normalized spacial score (nSPS) is 21.5. The fourth-order valence-corrected chi connectivity index (χ4v) is 3.03. The molecule has 1 saturated carbocycles. The number of amides is 1. The summed E-state index contributed by atoms with van der Waals surface area (Å²) in [5.74, 6) is 0.417. The summed E-state index contributed by atoms with van der Waals surface area (Å²) in [6.07, 6.45) is 4.68. The molecule has 3 rings (SSSR count). The molecule has 1 N–H and O–H groups in total. The van der Waals surface area contributed by atoms with Crippen LogP contribution in [-0.2, 0) is 0 Å². The van der Waals surface area contributed by atoms with Crippen molar-refractivity contribution in [2.75, 3.05) is 0 Å². The summed E-state index contributed by atoms with van der Waals surface area (Å²) in [6.45, 7) is 4.03. The number of aryl methyl sites for hydroxylation is 1. The van der Waals surface area contributed by atoms with Gasteiger partial charge in [0.1, 0.15) is 0 Å². The van der Waals surface area contributed by atoms with Crippen LogP contribution in [0, 0.1) is 12.8 Å². The highest BCUT2D eigenvalue weighted by atomic mass is 16.2. The van der Waals surface area contributed by atoms with E-state index in [1.165, 1.54) is 24.1 Å². The zero-order valence-electron chi connectivity index (χ0n) is 13.1. The molecule has 0 radical (unpaired) electrons. The lowest BCUT2D eigenvalue weighted by atomic mass is 9.86. The van der Waals surface area contributed by atoms with E-state index in [-0.39, 0.29) is 11.9 Å². The predicted octanol–water partition coefficient (Wildman–Crippen LogP) is 2.88. The highest BCUT2D eigenvalue weighted by Crippen LogP contribution is 2.24. The van der Waals surface area contributed by atoms with Crippen molar-refractivity contribution in [2.24, 2.45) is 5.92 Å². The van der Waals surface area contributed by atoms with E-state index in [9.17, 15) is 4.79 Å². The number of carbonyl (C=O) groups excluding carboxylic acids is 1. The highest BCUT2D eigenvalue weighted by Gasteiger charge is 2.25. The van der Waals surface area contributed by atoms with Crippen LogP contribution in [0.5, 0.6) is 0 Å². The lowest BCUT2D eigenvalue weighted by molar-refractivity contribution is 0.0904. The maximum absolute atomic E-state index is 12.5. The third kappa shape index (κ3) is 3.03. The van der Waals surface area contributed by atoms with Crippen molar-refractivity contribution in [1.29, 1.82) is 0 Å². The van der Waals surface area contributed by atoms with Crippen LogP contribution in [-0.4, -0.2) is 26.9 Å². The number of nitrogens with one attached hydrogen (secondary N) is 1. The minimum atomic E-state index is -0.113. The van der Waals surface area contributed by atoms with Crippen LogP contribution in [0.15, 0.2) is 30.3 Å². The Bertz CT molecular complexity index is 650. The average molecular weight is 298 g/mol. The highest BCUT2D eigenvalue weighted by molar-refractivity contribution is 5.93. The van der Waals surface area contributed by atoms with Gasteiger partial charge in [0, 0.05) is 6.04 Å². The Morgan fingerprint density at radius 1 is 1.18 bits per heavy atom. The molecule has 2 atom stereocenters. The van der Waals surface area contributed by atoms with Gasteiger partial charge >= 0.3 is 0 Å². The van der Waals surface area contributed by atoms with Gasteiger partial charge in [0.15, 0.2) is 5.69 Å². The van der Waals surface area contributed by atoms with E-state index in [0.717, 1.165) is 12.1 Å². The van der Waals surface area contributed by atoms with Crippen molar-refractivity contribution in [2.45, 2.75) is 45.6 Å². The molecule has 1 heterocycles. The largest absolute Gasteiger partial charge is 0.348 e.